The Kier molecular flexibility index (Phi) is 7.83. The van der Waals surface area contributed by atoms with Crippen LogP contribution >= 0.6 is 0 Å². The van der Waals surface area contributed by atoms with E-state index in [1.165, 1.54) is 5.56 Å². The molecule has 0 spiro atoms. The van der Waals surface area contributed by atoms with Crippen LogP contribution in [0.4, 0.5) is 0 Å². The van der Waals surface area contributed by atoms with E-state index in [-0.39, 0.29) is 6.04 Å². The van der Waals surface area contributed by atoms with Crippen LogP contribution in [-0.2, 0) is 0 Å². The van der Waals surface area contributed by atoms with Crippen LogP contribution in [0.15, 0.2) is 35.3 Å². The molecule has 21 heavy (non-hydrogen) atoms. The summed E-state index contributed by atoms with van der Waals surface area (Å²) >= 11 is 0. The maximum Gasteiger partial charge on any atom is 0.191 e. The number of benzene rings is 1. The van der Waals surface area contributed by atoms with Gasteiger partial charge in [0.05, 0.1) is 12.6 Å². The van der Waals surface area contributed by atoms with Crippen LogP contribution in [0.25, 0.3) is 0 Å². The molecule has 0 fully saturated rings. The molecular weight excluding hydrogens is 260 g/mol. The summed E-state index contributed by atoms with van der Waals surface area (Å²) in [5.74, 6) is 0.881. The van der Waals surface area contributed by atoms with Gasteiger partial charge in [0.1, 0.15) is 0 Å². The monoisotopic (exact) mass is 290 g/mol. The average Bonchev–Trinajstić information content (AvgIpc) is 2.48. The molecule has 0 bridgehead atoms. The topological polar surface area (TPSA) is 39.7 Å². The van der Waals surface area contributed by atoms with E-state index in [1.54, 1.807) is 0 Å². The first-order valence-electron chi connectivity index (χ1n) is 7.84. The van der Waals surface area contributed by atoms with Gasteiger partial charge in [-0.1, -0.05) is 30.3 Å². The average molecular weight is 290 g/mol. The lowest BCUT2D eigenvalue weighted by atomic mass is 10.1. The first-order valence-corrected chi connectivity index (χ1v) is 7.84. The first kappa shape index (κ1) is 17.5. The van der Waals surface area contributed by atoms with E-state index in [0.717, 1.165) is 25.6 Å². The van der Waals surface area contributed by atoms with Gasteiger partial charge >= 0.3 is 0 Å². The van der Waals surface area contributed by atoms with Crippen LogP contribution in [0.5, 0.6) is 0 Å². The van der Waals surface area contributed by atoms with Crippen molar-refractivity contribution >= 4 is 5.96 Å². The Bertz CT molecular complexity index is 414. The molecule has 1 aromatic carbocycles. The molecule has 0 aliphatic heterocycles. The second kappa shape index (κ2) is 9.40. The summed E-state index contributed by atoms with van der Waals surface area (Å²) in [4.78, 5) is 6.95. The van der Waals surface area contributed by atoms with Gasteiger partial charge in [0.25, 0.3) is 0 Å². The van der Waals surface area contributed by atoms with Crippen molar-refractivity contribution in [3.8, 4) is 0 Å². The zero-order chi connectivity index (χ0) is 15.7. The number of rotatable bonds is 7. The number of likely N-dealkylation sites (N-methyl/N-ethyl adjacent to an activating group) is 1. The molecule has 1 atom stereocenters. The van der Waals surface area contributed by atoms with Gasteiger partial charge in [0.15, 0.2) is 5.96 Å². The zero-order valence-electron chi connectivity index (χ0n) is 14.1. The molecule has 1 aromatic rings. The lowest BCUT2D eigenvalue weighted by Gasteiger charge is -2.21. The SMILES string of the molecule is CCNC(=NCCN(C)C(C)C)NC(C)c1ccccc1. The minimum Gasteiger partial charge on any atom is -0.357 e. The highest BCUT2D eigenvalue weighted by Gasteiger charge is 2.07. The van der Waals surface area contributed by atoms with Crippen molar-refractivity contribution in [2.45, 2.75) is 39.8 Å². The maximum atomic E-state index is 4.65. The minimum atomic E-state index is 0.242. The molecule has 1 unspecified atom stereocenters. The van der Waals surface area contributed by atoms with Crippen molar-refractivity contribution < 1.29 is 0 Å². The number of hydrogen-bond acceptors (Lipinski definition) is 2. The Hall–Kier alpha value is -1.55. The lowest BCUT2D eigenvalue weighted by Crippen LogP contribution is -2.39. The normalized spacial score (nSPS) is 13.6. The molecule has 2 N–H and O–H groups in total. The Morgan fingerprint density at radius 2 is 1.86 bits per heavy atom. The van der Waals surface area contributed by atoms with Crippen LogP contribution in [0.1, 0.15) is 39.3 Å². The van der Waals surface area contributed by atoms with Gasteiger partial charge in [-0.05, 0) is 40.3 Å². The van der Waals surface area contributed by atoms with Crippen LogP contribution < -0.4 is 10.6 Å². The first-order chi connectivity index (χ1) is 10.0. The quantitative estimate of drug-likeness (QED) is 0.599. The highest BCUT2D eigenvalue weighted by atomic mass is 15.2. The molecule has 0 aliphatic rings. The van der Waals surface area contributed by atoms with Crippen molar-refractivity contribution in [3.05, 3.63) is 35.9 Å². The number of hydrogen-bond donors (Lipinski definition) is 2. The Morgan fingerprint density at radius 3 is 2.43 bits per heavy atom. The molecule has 0 radical (unpaired) electrons. The molecule has 0 saturated heterocycles. The summed E-state index contributed by atoms with van der Waals surface area (Å²) in [7, 11) is 2.13. The Labute approximate surface area is 129 Å². The third kappa shape index (κ3) is 6.63. The molecule has 0 aliphatic carbocycles. The van der Waals surface area contributed by atoms with Crippen LogP contribution in [-0.4, -0.2) is 43.6 Å². The van der Waals surface area contributed by atoms with Gasteiger partial charge in [-0.3, -0.25) is 4.99 Å². The fourth-order valence-corrected chi connectivity index (χ4v) is 1.93. The van der Waals surface area contributed by atoms with Crippen molar-refractivity contribution in [1.29, 1.82) is 0 Å². The number of aliphatic imine (C=N–C) groups is 1. The number of nitrogens with zero attached hydrogens (tertiary/aromatic N) is 2. The fraction of sp³-hybridized carbons (Fsp3) is 0.588. The largest absolute Gasteiger partial charge is 0.357 e. The van der Waals surface area contributed by atoms with E-state index in [0.29, 0.717) is 6.04 Å². The molecule has 118 valence electrons. The predicted octanol–water partition coefficient (Wildman–Crippen LogP) is 2.64. The van der Waals surface area contributed by atoms with E-state index in [2.05, 4.69) is 79.5 Å². The van der Waals surface area contributed by atoms with Gasteiger partial charge in [0, 0.05) is 19.1 Å². The van der Waals surface area contributed by atoms with Gasteiger partial charge in [-0.25, -0.2) is 0 Å². The van der Waals surface area contributed by atoms with Gasteiger partial charge in [-0.15, -0.1) is 0 Å². The molecule has 0 amide bonds. The summed E-state index contributed by atoms with van der Waals surface area (Å²) in [5.41, 5.74) is 1.27. The van der Waals surface area contributed by atoms with E-state index in [4.69, 9.17) is 0 Å². The van der Waals surface area contributed by atoms with Crippen LogP contribution in [0, 0.1) is 0 Å². The van der Waals surface area contributed by atoms with Gasteiger partial charge in [0.2, 0.25) is 0 Å². The van der Waals surface area contributed by atoms with E-state index in [9.17, 15) is 0 Å². The number of nitrogens with one attached hydrogen (secondary N) is 2. The summed E-state index contributed by atoms with van der Waals surface area (Å²) in [6.07, 6.45) is 0. The second-order valence-electron chi connectivity index (χ2n) is 5.61. The summed E-state index contributed by atoms with van der Waals surface area (Å²) in [6, 6.07) is 11.2. The second-order valence-corrected chi connectivity index (χ2v) is 5.61. The zero-order valence-corrected chi connectivity index (χ0v) is 14.1. The van der Waals surface area contributed by atoms with Crippen LogP contribution in [0.2, 0.25) is 0 Å². The summed E-state index contributed by atoms with van der Waals surface area (Å²) in [5, 5.41) is 6.76. The third-order valence-electron chi connectivity index (χ3n) is 3.60. The molecule has 1 rings (SSSR count). The van der Waals surface area contributed by atoms with Gasteiger partial charge < -0.3 is 15.5 Å². The predicted molar refractivity (Wildman–Crippen MR) is 91.7 cm³/mol. The minimum absolute atomic E-state index is 0.242. The van der Waals surface area contributed by atoms with E-state index in [1.807, 2.05) is 6.07 Å². The smallest absolute Gasteiger partial charge is 0.191 e. The van der Waals surface area contributed by atoms with E-state index < -0.39 is 0 Å². The van der Waals surface area contributed by atoms with Crippen LogP contribution in [0.3, 0.4) is 0 Å². The van der Waals surface area contributed by atoms with Gasteiger partial charge in [-0.2, -0.15) is 0 Å². The molecular formula is C17H30N4. The lowest BCUT2D eigenvalue weighted by molar-refractivity contribution is 0.282. The Balaban J connectivity index is 2.56. The van der Waals surface area contributed by atoms with Crippen molar-refractivity contribution in [2.24, 2.45) is 4.99 Å². The third-order valence-corrected chi connectivity index (χ3v) is 3.60. The highest BCUT2D eigenvalue weighted by molar-refractivity contribution is 5.80. The fourth-order valence-electron chi connectivity index (χ4n) is 1.93. The summed E-state index contributed by atoms with van der Waals surface area (Å²) < 4.78 is 0. The molecule has 0 heterocycles. The maximum absolute atomic E-state index is 4.65. The standard InChI is InChI=1S/C17H30N4/c1-6-18-17(19-12-13-21(5)14(2)3)20-15(4)16-10-8-7-9-11-16/h7-11,14-15H,6,12-13H2,1-5H3,(H2,18,19,20). The molecule has 4 heteroatoms. The summed E-state index contributed by atoms with van der Waals surface area (Å²) in [6.45, 7) is 11.3. The Morgan fingerprint density at radius 1 is 1.19 bits per heavy atom. The van der Waals surface area contributed by atoms with E-state index >= 15 is 0 Å². The van der Waals surface area contributed by atoms with Crippen molar-refractivity contribution in [2.75, 3.05) is 26.7 Å². The number of guanidine groups is 1. The van der Waals surface area contributed by atoms with Crippen molar-refractivity contribution in [3.63, 3.8) is 0 Å². The van der Waals surface area contributed by atoms with Crippen molar-refractivity contribution in [1.82, 2.24) is 15.5 Å². The molecule has 4 nitrogen and oxygen atoms in total. The molecule has 0 saturated carbocycles. The molecule has 0 aromatic heterocycles. The highest BCUT2D eigenvalue weighted by Crippen LogP contribution is 2.10.